The number of imidazole rings is 2. The van der Waals surface area contributed by atoms with Crippen LogP contribution >= 0.6 is 0 Å². The molecule has 1 unspecified atom stereocenters. The van der Waals surface area contributed by atoms with Crippen LogP contribution in [-0.2, 0) is 26.4 Å². The first-order valence-electron chi connectivity index (χ1n) is 7.66. The first kappa shape index (κ1) is 15.5. The molecule has 1 atom stereocenters. The molecule has 4 nitrogen and oxygen atoms in total. The summed E-state index contributed by atoms with van der Waals surface area (Å²) >= 11 is 0. The Morgan fingerprint density at radius 2 is 2.05 bits per heavy atom. The number of nitrogens with zero attached hydrogens (tertiary/aromatic N) is 4. The summed E-state index contributed by atoms with van der Waals surface area (Å²) in [6.07, 6.45) is 10.1. The van der Waals surface area contributed by atoms with Gasteiger partial charge in [-0.15, -0.1) is 0 Å². The molecule has 0 saturated heterocycles. The number of rotatable bonds is 6. The zero-order valence-corrected chi connectivity index (χ0v) is 13.8. The van der Waals surface area contributed by atoms with Crippen LogP contribution in [0.25, 0.3) is 6.08 Å². The molecule has 0 bridgehead atoms. The van der Waals surface area contributed by atoms with Gasteiger partial charge >= 0.3 is 0 Å². The highest BCUT2D eigenvalue weighted by Gasteiger charge is 2.13. The fraction of sp³-hybridized carbons (Fsp3) is 0.529. The average Bonchev–Trinajstić information content (AvgIpc) is 2.96. The predicted octanol–water partition coefficient (Wildman–Crippen LogP) is 3.48. The Kier molecular flexibility index (Phi) is 4.99. The Hall–Kier alpha value is -1.84. The Labute approximate surface area is 127 Å². The monoisotopic (exact) mass is 286 g/mol. The molecule has 0 amide bonds. The minimum absolute atomic E-state index is 0.549. The largest absolute Gasteiger partial charge is 0.338 e. The lowest BCUT2D eigenvalue weighted by molar-refractivity contribution is 0.525. The maximum atomic E-state index is 4.56. The number of aromatic nitrogens is 4. The third-order valence-corrected chi connectivity index (χ3v) is 3.71. The van der Waals surface area contributed by atoms with Crippen LogP contribution in [0.5, 0.6) is 0 Å². The van der Waals surface area contributed by atoms with Crippen molar-refractivity contribution in [3.05, 3.63) is 41.5 Å². The minimum Gasteiger partial charge on any atom is -0.338 e. The van der Waals surface area contributed by atoms with E-state index in [9.17, 15) is 0 Å². The van der Waals surface area contributed by atoms with Gasteiger partial charge in [0.1, 0.15) is 11.6 Å². The van der Waals surface area contributed by atoms with Gasteiger partial charge in [0.25, 0.3) is 0 Å². The number of aryl methyl sites for hydroxylation is 1. The van der Waals surface area contributed by atoms with Gasteiger partial charge in [-0.05, 0) is 39.2 Å². The summed E-state index contributed by atoms with van der Waals surface area (Å²) in [7, 11) is 2.05. The van der Waals surface area contributed by atoms with E-state index >= 15 is 0 Å². The van der Waals surface area contributed by atoms with Crippen molar-refractivity contribution >= 4 is 6.08 Å². The standard InChI is InChI=1S/C17H26N4/c1-6-21-15(12-19-17(21)9-13(2)3)10-14(4)11-16-18-7-8-20(16)5/h7-9,12,14H,6,10-11H2,1-5H3. The summed E-state index contributed by atoms with van der Waals surface area (Å²) in [5, 5.41) is 0. The molecular formula is C17H26N4. The molecule has 4 heteroatoms. The molecule has 2 aromatic rings. The molecule has 21 heavy (non-hydrogen) atoms. The van der Waals surface area contributed by atoms with E-state index in [1.54, 1.807) is 0 Å². The van der Waals surface area contributed by atoms with Gasteiger partial charge in [0.2, 0.25) is 0 Å². The molecular weight excluding hydrogens is 260 g/mol. The van der Waals surface area contributed by atoms with Crippen LogP contribution in [0.1, 0.15) is 45.0 Å². The van der Waals surface area contributed by atoms with Gasteiger partial charge in [0.05, 0.1) is 0 Å². The second-order valence-corrected chi connectivity index (χ2v) is 6.04. The van der Waals surface area contributed by atoms with Crippen LogP contribution in [-0.4, -0.2) is 19.1 Å². The van der Waals surface area contributed by atoms with Gasteiger partial charge in [0.15, 0.2) is 0 Å². The maximum Gasteiger partial charge on any atom is 0.132 e. The van der Waals surface area contributed by atoms with E-state index in [2.05, 4.69) is 59.9 Å². The molecule has 0 aromatic carbocycles. The molecule has 2 aromatic heterocycles. The van der Waals surface area contributed by atoms with Crippen LogP contribution in [0.2, 0.25) is 0 Å². The van der Waals surface area contributed by atoms with Crippen LogP contribution in [0, 0.1) is 5.92 Å². The highest BCUT2D eigenvalue weighted by Crippen LogP contribution is 2.16. The fourth-order valence-electron chi connectivity index (χ4n) is 2.66. The highest BCUT2D eigenvalue weighted by molar-refractivity contribution is 5.45. The van der Waals surface area contributed by atoms with Gasteiger partial charge in [-0.2, -0.15) is 0 Å². The summed E-state index contributed by atoms with van der Waals surface area (Å²) in [6, 6.07) is 0. The molecule has 2 rings (SSSR count). The normalized spacial score (nSPS) is 12.4. The Morgan fingerprint density at radius 1 is 1.29 bits per heavy atom. The first-order valence-corrected chi connectivity index (χ1v) is 7.66. The third kappa shape index (κ3) is 3.84. The van der Waals surface area contributed by atoms with E-state index in [4.69, 9.17) is 0 Å². The molecule has 0 aliphatic carbocycles. The van der Waals surface area contributed by atoms with Crippen molar-refractivity contribution in [2.75, 3.05) is 0 Å². The summed E-state index contributed by atoms with van der Waals surface area (Å²) in [4.78, 5) is 8.98. The van der Waals surface area contributed by atoms with E-state index in [1.165, 1.54) is 11.3 Å². The van der Waals surface area contributed by atoms with Crippen molar-refractivity contribution in [3.63, 3.8) is 0 Å². The summed E-state index contributed by atoms with van der Waals surface area (Å²) in [5.41, 5.74) is 2.59. The first-order chi connectivity index (χ1) is 10.0. The molecule has 0 spiro atoms. The topological polar surface area (TPSA) is 35.6 Å². The lowest BCUT2D eigenvalue weighted by Crippen LogP contribution is -2.11. The summed E-state index contributed by atoms with van der Waals surface area (Å²) in [5.74, 6) is 2.76. The van der Waals surface area contributed by atoms with Crippen LogP contribution in [0.15, 0.2) is 24.2 Å². The minimum atomic E-state index is 0.549. The number of allylic oxidation sites excluding steroid dienone is 1. The summed E-state index contributed by atoms with van der Waals surface area (Å²) in [6.45, 7) is 9.64. The van der Waals surface area contributed by atoms with Crippen molar-refractivity contribution < 1.29 is 0 Å². The SMILES string of the molecule is CCn1c(CC(C)Cc2nccn2C)cnc1C=C(C)C. The van der Waals surface area contributed by atoms with Crippen molar-refractivity contribution in [3.8, 4) is 0 Å². The van der Waals surface area contributed by atoms with E-state index in [0.717, 1.165) is 31.0 Å². The Bertz CT molecular complexity index is 615. The molecule has 0 radical (unpaired) electrons. The molecule has 114 valence electrons. The molecule has 0 N–H and O–H groups in total. The second kappa shape index (κ2) is 6.74. The maximum absolute atomic E-state index is 4.56. The molecule has 2 heterocycles. The Morgan fingerprint density at radius 3 is 2.62 bits per heavy atom. The smallest absolute Gasteiger partial charge is 0.132 e. The molecule has 0 aliphatic rings. The van der Waals surface area contributed by atoms with Crippen LogP contribution < -0.4 is 0 Å². The molecule has 0 saturated carbocycles. The van der Waals surface area contributed by atoms with Gasteiger partial charge in [-0.25, -0.2) is 9.97 Å². The lowest BCUT2D eigenvalue weighted by atomic mass is 10.0. The van der Waals surface area contributed by atoms with E-state index in [1.807, 2.05) is 18.6 Å². The van der Waals surface area contributed by atoms with Crippen molar-refractivity contribution in [2.45, 2.75) is 47.1 Å². The van der Waals surface area contributed by atoms with Gasteiger partial charge in [-0.3, -0.25) is 0 Å². The number of hydrogen-bond donors (Lipinski definition) is 0. The van der Waals surface area contributed by atoms with E-state index < -0.39 is 0 Å². The average molecular weight is 286 g/mol. The lowest BCUT2D eigenvalue weighted by Gasteiger charge is -2.13. The summed E-state index contributed by atoms with van der Waals surface area (Å²) < 4.78 is 4.41. The quantitative estimate of drug-likeness (QED) is 0.815. The van der Waals surface area contributed by atoms with E-state index in [-0.39, 0.29) is 0 Å². The van der Waals surface area contributed by atoms with Crippen LogP contribution in [0.4, 0.5) is 0 Å². The molecule has 0 fully saturated rings. The predicted molar refractivity (Wildman–Crippen MR) is 87.0 cm³/mol. The molecule has 0 aliphatic heterocycles. The van der Waals surface area contributed by atoms with Gasteiger partial charge < -0.3 is 9.13 Å². The Balaban J connectivity index is 2.10. The van der Waals surface area contributed by atoms with E-state index in [0.29, 0.717) is 5.92 Å². The number of hydrogen-bond acceptors (Lipinski definition) is 2. The second-order valence-electron chi connectivity index (χ2n) is 6.04. The van der Waals surface area contributed by atoms with Crippen LogP contribution in [0.3, 0.4) is 0 Å². The highest BCUT2D eigenvalue weighted by atomic mass is 15.1. The van der Waals surface area contributed by atoms with Gasteiger partial charge in [0, 0.05) is 44.3 Å². The third-order valence-electron chi connectivity index (χ3n) is 3.71. The van der Waals surface area contributed by atoms with Crippen molar-refractivity contribution in [2.24, 2.45) is 13.0 Å². The van der Waals surface area contributed by atoms with Crippen molar-refractivity contribution in [1.29, 1.82) is 0 Å². The van der Waals surface area contributed by atoms with Crippen molar-refractivity contribution in [1.82, 2.24) is 19.1 Å². The zero-order chi connectivity index (χ0) is 15.4. The zero-order valence-electron chi connectivity index (χ0n) is 13.8. The fourth-order valence-corrected chi connectivity index (χ4v) is 2.66. The van der Waals surface area contributed by atoms with Gasteiger partial charge in [-0.1, -0.05) is 12.5 Å².